The second kappa shape index (κ2) is 6.45. The van der Waals surface area contributed by atoms with Gasteiger partial charge in [-0.15, -0.1) is 0 Å². The number of urea groups is 1. The van der Waals surface area contributed by atoms with Crippen molar-refractivity contribution in [2.45, 2.75) is 6.04 Å². The minimum Gasteiger partial charge on any atom is -0.495 e. The molecule has 0 bridgehead atoms. The second-order valence-electron chi connectivity index (χ2n) is 3.37. The Morgan fingerprint density at radius 3 is 2.61 bits per heavy atom. The van der Waals surface area contributed by atoms with Crippen molar-refractivity contribution >= 4 is 17.7 Å². The number of hydrogen-bond donors (Lipinski definition) is 4. The zero-order chi connectivity index (χ0) is 13.5. The molecule has 0 aliphatic heterocycles. The molecule has 1 aromatic carbocycles. The summed E-state index contributed by atoms with van der Waals surface area (Å²) >= 11 is 0. The Bertz CT molecular complexity index is 435. The lowest BCUT2D eigenvalue weighted by Crippen LogP contribution is -2.45. The molecular weight excluding hydrogens is 240 g/mol. The number of carbonyl (C=O) groups is 2. The first-order chi connectivity index (χ1) is 8.58. The third-order valence-corrected chi connectivity index (χ3v) is 2.14. The molecular formula is C11H14N2O5. The molecule has 0 radical (unpaired) electrons. The Morgan fingerprint density at radius 1 is 1.39 bits per heavy atom. The van der Waals surface area contributed by atoms with Gasteiger partial charge < -0.3 is 25.6 Å². The average molecular weight is 254 g/mol. The van der Waals surface area contributed by atoms with E-state index in [9.17, 15) is 9.59 Å². The van der Waals surface area contributed by atoms with E-state index in [-0.39, 0.29) is 0 Å². The van der Waals surface area contributed by atoms with Crippen molar-refractivity contribution in [1.29, 1.82) is 0 Å². The summed E-state index contributed by atoms with van der Waals surface area (Å²) in [6.07, 6.45) is 0. The average Bonchev–Trinajstić information content (AvgIpc) is 2.36. The highest BCUT2D eigenvalue weighted by Crippen LogP contribution is 2.22. The van der Waals surface area contributed by atoms with E-state index < -0.39 is 24.6 Å². The fraction of sp³-hybridized carbons (Fsp3) is 0.273. The summed E-state index contributed by atoms with van der Waals surface area (Å²) < 4.78 is 5.02. The fourth-order valence-corrected chi connectivity index (χ4v) is 1.25. The molecule has 0 fully saturated rings. The summed E-state index contributed by atoms with van der Waals surface area (Å²) in [6, 6.07) is 4.60. The molecule has 1 aromatic rings. The van der Waals surface area contributed by atoms with Crippen LogP contribution in [-0.2, 0) is 4.79 Å². The van der Waals surface area contributed by atoms with E-state index in [0.29, 0.717) is 11.4 Å². The number of carbonyl (C=O) groups excluding carboxylic acids is 1. The highest BCUT2D eigenvalue weighted by Gasteiger charge is 2.19. The van der Waals surface area contributed by atoms with E-state index in [1.807, 2.05) is 0 Å². The topological polar surface area (TPSA) is 108 Å². The normalized spacial score (nSPS) is 11.4. The number of benzene rings is 1. The summed E-state index contributed by atoms with van der Waals surface area (Å²) in [6.45, 7) is -0.686. The molecule has 0 aromatic heterocycles. The molecule has 0 saturated heterocycles. The van der Waals surface area contributed by atoms with E-state index in [2.05, 4.69) is 10.6 Å². The van der Waals surface area contributed by atoms with Gasteiger partial charge in [0.15, 0.2) is 6.04 Å². The molecule has 0 unspecified atom stereocenters. The van der Waals surface area contributed by atoms with Gasteiger partial charge >= 0.3 is 12.0 Å². The largest absolute Gasteiger partial charge is 0.495 e. The third-order valence-electron chi connectivity index (χ3n) is 2.14. The van der Waals surface area contributed by atoms with Crippen LogP contribution in [0.4, 0.5) is 10.5 Å². The van der Waals surface area contributed by atoms with Crippen LogP contribution in [0.5, 0.6) is 5.75 Å². The number of aliphatic hydroxyl groups excluding tert-OH is 1. The van der Waals surface area contributed by atoms with Gasteiger partial charge in [-0.1, -0.05) is 12.1 Å². The molecule has 0 heterocycles. The number of anilines is 1. The number of rotatable bonds is 5. The number of carboxylic acid groups (broad SMARTS) is 1. The zero-order valence-corrected chi connectivity index (χ0v) is 9.71. The quantitative estimate of drug-likeness (QED) is 0.603. The SMILES string of the molecule is COc1ccccc1NC(=O)N[C@@H](CO)C(=O)O. The summed E-state index contributed by atoms with van der Waals surface area (Å²) in [5, 5.41) is 22.0. The van der Waals surface area contributed by atoms with Crippen LogP contribution in [0.15, 0.2) is 24.3 Å². The number of nitrogens with one attached hydrogen (secondary N) is 2. The Morgan fingerprint density at radius 2 is 2.06 bits per heavy atom. The van der Waals surface area contributed by atoms with Gasteiger partial charge in [-0.2, -0.15) is 0 Å². The molecule has 0 saturated carbocycles. The van der Waals surface area contributed by atoms with Crippen molar-refractivity contribution in [1.82, 2.24) is 5.32 Å². The van der Waals surface area contributed by atoms with Gasteiger partial charge in [0.1, 0.15) is 5.75 Å². The Balaban J connectivity index is 2.67. The Hall–Kier alpha value is -2.28. The molecule has 7 nitrogen and oxygen atoms in total. The molecule has 2 amide bonds. The first-order valence-corrected chi connectivity index (χ1v) is 5.12. The smallest absolute Gasteiger partial charge is 0.328 e. The molecule has 1 rings (SSSR count). The predicted octanol–water partition coefficient (Wildman–Crippen LogP) is 0.262. The number of aliphatic hydroxyl groups is 1. The van der Waals surface area contributed by atoms with Gasteiger partial charge in [-0.05, 0) is 12.1 Å². The van der Waals surface area contributed by atoms with Crippen LogP contribution in [0.1, 0.15) is 0 Å². The highest BCUT2D eigenvalue weighted by atomic mass is 16.5. The Labute approximate surface area is 103 Å². The van der Waals surface area contributed by atoms with Gasteiger partial charge in [-0.25, -0.2) is 9.59 Å². The summed E-state index contributed by atoms with van der Waals surface area (Å²) in [5.41, 5.74) is 0.402. The summed E-state index contributed by atoms with van der Waals surface area (Å²) in [4.78, 5) is 22.1. The maximum absolute atomic E-state index is 11.5. The number of para-hydroxylation sites is 2. The van der Waals surface area contributed by atoms with Crippen molar-refractivity contribution in [3.63, 3.8) is 0 Å². The molecule has 0 spiro atoms. The van der Waals surface area contributed by atoms with Crippen LogP contribution in [0.3, 0.4) is 0 Å². The monoisotopic (exact) mass is 254 g/mol. The van der Waals surface area contributed by atoms with Crippen LogP contribution >= 0.6 is 0 Å². The highest BCUT2D eigenvalue weighted by molar-refractivity contribution is 5.93. The van der Waals surface area contributed by atoms with Crippen LogP contribution in [0, 0.1) is 0 Å². The third kappa shape index (κ3) is 3.63. The molecule has 4 N–H and O–H groups in total. The van der Waals surface area contributed by atoms with Crippen molar-refractivity contribution < 1.29 is 24.5 Å². The number of ether oxygens (including phenoxy) is 1. The lowest BCUT2D eigenvalue weighted by molar-refractivity contribution is -0.140. The standard InChI is InChI=1S/C11H14N2O5/c1-18-9-5-3-2-4-7(9)12-11(17)13-8(6-14)10(15)16/h2-5,8,14H,6H2,1H3,(H,15,16)(H2,12,13,17)/t8-/m0/s1. The fourth-order valence-electron chi connectivity index (χ4n) is 1.25. The number of methoxy groups -OCH3 is 1. The Kier molecular flexibility index (Phi) is 4.94. The van der Waals surface area contributed by atoms with Gasteiger partial charge in [-0.3, -0.25) is 0 Å². The molecule has 1 atom stereocenters. The van der Waals surface area contributed by atoms with Crippen molar-refractivity contribution in [2.24, 2.45) is 0 Å². The first-order valence-electron chi connectivity index (χ1n) is 5.12. The first kappa shape index (κ1) is 13.8. The number of hydrogen-bond acceptors (Lipinski definition) is 4. The van der Waals surface area contributed by atoms with Gasteiger partial charge in [0.25, 0.3) is 0 Å². The predicted molar refractivity (Wildman–Crippen MR) is 63.7 cm³/mol. The van der Waals surface area contributed by atoms with E-state index in [1.54, 1.807) is 24.3 Å². The second-order valence-corrected chi connectivity index (χ2v) is 3.37. The number of aliphatic carboxylic acids is 1. The van der Waals surface area contributed by atoms with Crippen molar-refractivity contribution in [3.8, 4) is 5.75 Å². The van der Waals surface area contributed by atoms with Gasteiger partial charge in [0.05, 0.1) is 19.4 Å². The maximum atomic E-state index is 11.5. The van der Waals surface area contributed by atoms with E-state index in [0.717, 1.165) is 0 Å². The van der Waals surface area contributed by atoms with E-state index in [1.165, 1.54) is 7.11 Å². The molecule has 0 aliphatic carbocycles. The molecule has 7 heteroatoms. The van der Waals surface area contributed by atoms with Crippen LogP contribution in [0.2, 0.25) is 0 Å². The lowest BCUT2D eigenvalue weighted by atomic mass is 10.3. The molecule has 0 aliphatic rings. The zero-order valence-electron chi connectivity index (χ0n) is 9.71. The van der Waals surface area contributed by atoms with E-state index >= 15 is 0 Å². The van der Waals surface area contributed by atoms with Crippen LogP contribution < -0.4 is 15.4 Å². The van der Waals surface area contributed by atoms with Crippen molar-refractivity contribution in [2.75, 3.05) is 19.0 Å². The van der Waals surface area contributed by atoms with Crippen LogP contribution in [-0.4, -0.2) is 42.0 Å². The number of amides is 2. The molecule has 18 heavy (non-hydrogen) atoms. The number of carboxylic acids is 1. The van der Waals surface area contributed by atoms with E-state index in [4.69, 9.17) is 14.9 Å². The molecule has 98 valence electrons. The minimum absolute atomic E-state index is 0.402. The summed E-state index contributed by atoms with van der Waals surface area (Å²) in [7, 11) is 1.45. The maximum Gasteiger partial charge on any atom is 0.328 e. The van der Waals surface area contributed by atoms with Crippen LogP contribution in [0.25, 0.3) is 0 Å². The summed E-state index contributed by atoms with van der Waals surface area (Å²) in [5.74, 6) is -0.865. The minimum atomic E-state index is -1.35. The lowest BCUT2D eigenvalue weighted by Gasteiger charge is -2.14. The van der Waals surface area contributed by atoms with Crippen molar-refractivity contribution in [3.05, 3.63) is 24.3 Å². The van der Waals surface area contributed by atoms with Gasteiger partial charge in [0, 0.05) is 0 Å². The van der Waals surface area contributed by atoms with Gasteiger partial charge in [0.2, 0.25) is 0 Å².